The summed E-state index contributed by atoms with van der Waals surface area (Å²) in [5, 5.41) is 9.29. The molecule has 1 heterocycles. The van der Waals surface area contributed by atoms with Crippen molar-refractivity contribution < 1.29 is 28.2 Å². The van der Waals surface area contributed by atoms with E-state index in [4.69, 9.17) is 4.74 Å². The third-order valence-corrected chi connectivity index (χ3v) is 4.64. The van der Waals surface area contributed by atoms with Gasteiger partial charge in [-0.15, -0.1) is 0 Å². The summed E-state index contributed by atoms with van der Waals surface area (Å²) in [4.78, 5) is 28.4. The predicted molar refractivity (Wildman–Crippen MR) is 108 cm³/mol. The molecule has 0 aromatic heterocycles. The number of aliphatic hydroxyl groups is 1. The van der Waals surface area contributed by atoms with E-state index in [0.29, 0.717) is 28.9 Å². The van der Waals surface area contributed by atoms with Crippen molar-refractivity contribution in [2.75, 3.05) is 31.7 Å². The van der Waals surface area contributed by atoms with Gasteiger partial charge in [0.05, 0.1) is 24.5 Å². The molecule has 158 valence electrons. The third-order valence-electron chi connectivity index (χ3n) is 4.64. The average Bonchev–Trinajstić information content (AvgIpc) is 2.97. The normalized spacial score (nSPS) is 14.0. The first-order valence-corrected chi connectivity index (χ1v) is 9.52. The van der Waals surface area contributed by atoms with Gasteiger partial charge in [0.15, 0.2) is 0 Å². The summed E-state index contributed by atoms with van der Waals surface area (Å²) in [6, 6.07) is 9.29. The van der Waals surface area contributed by atoms with Crippen LogP contribution in [-0.4, -0.2) is 48.6 Å². The largest absolute Gasteiger partial charge is 0.494 e. The van der Waals surface area contributed by atoms with Crippen LogP contribution >= 0.6 is 0 Å². The number of imide groups is 1. The zero-order valence-electron chi connectivity index (χ0n) is 16.7. The fourth-order valence-electron chi connectivity index (χ4n) is 3.21. The van der Waals surface area contributed by atoms with Gasteiger partial charge < -0.3 is 14.7 Å². The molecule has 1 N–H and O–H groups in total. The maximum Gasteiger partial charge on any atom is 0.282 e. The number of ether oxygens (including phenoxy) is 1. The van der Waals surface area contributed by atoms with Crippen molar-refractivity contribution >= 4 is 23.1 Å². The molecule has 0 spiro atoms. The van der Waals surface area contributed by atoms with Crippen LogP contribution in [0.1, 0.15) is 18.9 Å². The molecule has 0 saturated carbocycles. The molecular weight excluding hydrogens is 394 g/mol. The second-order valence-corrected chi connectivity index (χ2v) is 6.78. The molecule has 2 aromatic rings. The highest BCUT2D eigenvalue weighted by Gasteiger charge is 2.42. The minimum absolute atomic E-state index is 0.0278. The quantitative estimate of drug-likeness (QED) is 0.670. The number of halogens is 2. The second kappa shape index (κ2) is 9.04. The number of carbonyl (C=O) groups is 2. The number of rotatable bonds is 8. The van der Waals surface area contributed by atoms with Gasteiger partial charge in [-0.25, -0.2) is 13.7 Å². The Balaban J connectivity index is 2.06. The Labute approximate surface area is 173 Å². The molecule has 0 fully saturated rings. The highest BCUT2D eigenvalue weighted by Crippen LogP contribution is 2.36. The SMILES string of the molecule is CCCOc1ccc(C2=C(N(C)CCO)C(=O)N(c3ccc(F)cc3F)C2=O)cc1. The summed E-state index contributed by atoms with van der Waals surface area (Å²) in [5.74, 6) is -2.70. The van der Waals surface area contributed by atoms with E-state index in [9.17, 15) is 23.5 Å². The zero-order valence-corrected chi connectivity index (χ0v) is 16.7. The maximum absolute atomic E-state index is 14.4. The van der Waals surface area contributed by atoms with Crippen LogP contribution in [0.15, 0.2) is 48.2 Å². The van der Waals surface area contributed by atoms with Crippen LogP contribution in [0.4, 0.5) is 14.5 Å². The minimum atomic E-state index is -1.02. The van der Waals surface area contributed by atoms with Crippen molar-refractivity contribution in [1.82, 2.24) is 4.90 Å². The van der Waals surface area contributed by atoms with Crippen molar-refractivity contribution in [2.24, 2.45) is 0 Å². The van der Waals surface area contributed by atoms with Crippen molar-refractivity contribution in [2.45, 2.75) is 13.3 Å². The molecule has 1 aliphatic rings. The molecule has 0 atom stereocenters. The van der Waals surface area contributed by atoms with E-state index in [-0.39, 0.29) is 30.1 Å². The first-order chi connectivity index (χ1) is 14.4. The van der Waals surface area contributed by atoms with Crippen LogP contribution in [0.5, 0.6) is 5.75 Å². The first-order valence-electron chi connectivity index (χ1n) is 9.52. The Morgan fingerprint density at radius 2 is 1.77 bits per heavy atom. The Morgan fingerprint density at radius 1 is 1.07 bits per heavy atom. The van der Waals surface area contributed by atoms with E-state index < -0.39 is 23.4 Å². The summed E-state index contributed by atoms with van der Waals surface area (Å²) in [6.07, 6.45) is 0.841. The molecule has 0 unspecified atom stereocenters. The molecule has 0 bridgehead atoms. The molecule has 8 heteroatoms. The highest BCUT2D eigenvalue weighted by molar-refractivity contribution is 6.45. The number of anilines is 1. The van der Waals surface area contributed by atoms with Gasteiger partial charge >= 0.3 is 0 Å². The first kappa shape index (κ1) is 21.4. The van der Waals surface area contributed by atoms with Gasteiger partial charge in [-0.3, -0.25) is 9.59 Å². The minimum Gasteiger partial charge on any atom is -0.494 e. The number of carbonyl (C=O) groups excluding carboxylic acids is 2. The summed E-state index contributed by atoms with van der Waals surface area (Å²) >= 11 is 0. The van der Waals surface area contributed by atoms with Gasteiger partial charge in [0.2, 0.25) is 0 Å². The van der Waals surface area contributed by atoms with E-state index in [2.05, 4.69) is 0 Å². The van der Waals surface area contributed by atoms with E-state index in [0.717, 1.165) is 18.6 Å². The molecule has 30 heavy (non-hydrogen) atoms. The van der Waals surface area contributed by atoms with Gasteiger partial charge in [0.25, 0.3) is 11.8 Å². The van der Waals surface area contributed by atoms with E-state index in [1.54, 1.807) is 31.3 Å². The molecule has 2 aromatic carbocycles. The highest BCUT2D eigenvalue weighted by atomic mass is 19.1. The standard InChI is InChI=1S/C22H22F2N2O4/c1-3-12-30-16-7-4-14(5-8-16)19-20(25(2)10-11-27)22(29)26(21(19)28)18-9-6-15(23)13-17(18)24/h4-9,13,27H,3,10-12H2,1-2H3. The Kier molecular flexibility index (Phi) is 6.47. The van der Waals surface area contributed by atoms with Crippen molar-refractivity contribution in [3.8, 4) is 5.75 Å². The molecule has 0 saturated heterocycles. The molecular formula is C22H22F2N2O4. The lowest BCUT2D eigenvalue weighted by atomic mass is 10.0. The Hall–Kier alpha value is -3.26. The summed E-state index contributed by atoms with van der Waals surface area (Å²) in [5.41, 5.74) is 0.211. The number of aliphatic hydroxyl groups excluding tert-OH is 1. The lowest BCUT2D eigenvalue weighted by molar-refractivity contribution is -0.120. The lowest BCUT2D eigenvalue weighted by Crippen LogP contribution is -2.35. The number of hydrogen-bond donors (Lipinski definition) is 1. The number of likely N-dealkylation sites (N-methyl/N-ethyl adjacent to an activating group) is 1. The smallest absolute Gasteiger partial charge is 0.282 e. The van der Waals surface area contributed by atoms with E-state index in [1.807, 2.05) is 6.92 Å². The van der Waals surface area contributed by atoms with Crippen LogP contribution in [0.2, 0.25) is 0 Å². The van der Waals surface area contributed by atoms with E-state index in [1.165, 1.54) is 4.90 Å². The number of amides is 2. The van der Waals surface area contributed by atoms with Gasteiger partial charge in [0, 0.05) is 19.7 Å². The molecule has 0 aliphatic carbocycles. The summed E-state index contributed by atoms with van der Waals surface area (Å²) in [6.45, 7) is 2.37. The van der Waals surface area contributed by atoms with Gasteiger partial charge in [0.1, 0.15) is 23.1 Å². The summed E-state index contributed by atoms with van der Waals surface area (Å²) in [7, 11) is 1.56. The fourth-order valence-corrected chi connectivity index (χ4v) is 3.21. The predicted octanol–water partition coefficient (Wildman–Crippen LogP) is 2.96. The number of hydrogen-bond acceptors (Lipinski definition) is 5. The van der Waals surface area contributed by atoms with Gasteiger partial charge in [-0.05, 0) is 36.2 Å². The fraction of sp³-hybridized carbons (Fsp3) is 0.273. The molecule has 0 radical (unpaired) electrons. The van der Waals surface area contributed by atoms with Gasteiger partial charge in [-0.2, -0.15) is 0 Å². The van der Waals surface area contributed by atoms with Crippen molar-refractivity contribution in [1.29, 1.82) is 0 Å². The molecule has 6 nitrogen and oxygen atoms in total. The molecule has 1 aliphatic heterocycles. The number of benzene rings is 2. The lowest BCUT2D eigenvalue weighted by Gasteiger charge is -2.20. The van der Waals surface area contributed by atoms with Crippen molar-refractivity contribution in [3.63, 3.8) is 0 Å². The van der Waals surface area contributed by atoms with Crippen LogP contribution in [0.25, 0.3) is 5.57 Å². The van der Waals surface area contributed by atoms with Gasteiger partial charge in [-0.1, -0.05) is 19.1 Å². The third kappa shape index (κ3) is 4.04. The molecule has 2 amide bonds. The zero-order chi connectivity index (χ0) is 21.8. The monoisotopic (exact) mass is 416 g/mol. The van der Waals surface area contributed by atoms with Crippen molar-refractivity contribution in [3.05, 3.63) is 65.4 Å². The Morgan fingerprint density at radius 3 is 2.37 bits per heavy atom. The second-order valence-electron chi connectivity index (χ2n) is 6.78. The van der Waals surface area contributed by atoms with Crippen LogP contribution in [-0.2, 0) is 9.59 Å². The molecule has 3 rings (SSSR count). The van der Waals surface area contributed by atoms with E-state index >= 15 is 0 Å². The van der Waals surface area contributed by atoms with Crippen LogP contribution < -0.4 is 9.64 Å². The van der Waals surface area contributed by atoms with Crippen LogP contribution in [0, 0.1) is 11.6 Å². The van der Waals surface area contributed by atoms with Crippen LogP contribution in [0.3, 0.4) is 0 Å². The average molecular weight is 416 g/mol. The number of nitrogens with zero attached hydrogens (tertiary/aromatic N) is 2. The topological polar surface area (TPSA) is 70.1 Å². The summed E-state index contributed by atoms with van der Waals surface area (Å²) < 4.78 is 33.2. The Bertz CT molecular complexity index is 989. The maximum atomic E-state index is 14.4.